The van der Waals surface area contributed by atoms with Gasteiger partial charge in [0.2, 0.25) is 0 Å². The molecule has 3 nitrogen and oxygen atoms in total. The third-order valence-corrected chi connectivity index (χ3v) is 3.01. The van der Waals surface area contributed by atoms with Crippen LogP contribution in [0.4, 0.5) is 5.69 Å². The Morgan fingerprint density at radius 2 is 2.08 bits per heavy atom. The molecule has 1 aromatic rings. The standard InChI is InChI=1S/C9H10BrNO2/c1-5-6(11)4-7-9(8(5)10)13-3-2-12-7/h4H,2-3,11H2,1H3. The average Bonchev–Trinajstić information content (AvgIpc) is 2.15. The second kappa shape index (κ2) is 3.10. The number of hydrogen-bond acceptors (Lipinski definition) is 3. The molecule has 2 N–H and O–H groups in total. The van der Waals surface area contributed by atoms with E-state index in [2.05, 4.69) is 15.9 Å². The van der Waals surface area contributed by atoms with Crippen LogP contribution in [0.5, 0.6) is 11.5 Å². The molecule has 0 spiro atoms. The fraction of sp³-hybridized carbons (Fsp3) is 0.333. The molecule has 70 valence electrons. The van der Waals surface area contributed by atoms with Crippen molar-refractivity contribution in [2.24, 2.45) is 0 Å². The van der Waals surface area contributed by atoms with Crippen LogP contribution in [0.3, 0.4) is 0 Å². The Kier molecular flexibility index (Phi) is 2.07. The third-order valence-electron chi connectivity index (χ3n) is 2.06. The van der Waals surface area contributed by atoms with Gasteiger partial charge in [0, 0.05) is 11.8 Å². The molecule has 4 heteroatoms. The van der Waals surface area contributed by atoms with E-state index in [1.807, 2.05) is 6.92 Å². The molecule has 0 saturated heterocycles. The molecule has 1 aliphatic rings. The van der Waals surface area contributed by atoms with Crippen LogP contribution in [0.15, 0.2) is 10.5 Å². The maximum atomic E-state index is 5.78. The lowest BCUT2D eigenvalue weighted by Gasteiger charge is -2.21. The fourth-order valence-corrected chi connectivity index (χ4v) is 1.80. The minimum atomic E-state index is 0.585. The van der Waals surface area contributed by atoms with Crippen LogP contribution in [0.2, 0.25) is 0 Å². The second-order valence-electron chi connectivity index (χ2n) is 2.93. The highest BCUT2D eigenvalue weighted by Crippen LogP contribution is 2.42. The number of benzene rings is 1. The number of halogens is 1. The quantitative estimate of drug-likeness (QED) is 0.711. The normalized spacial score (nSPS) is 14.3. The van der Waals surface area contributed by atoms with Gasteiger partial charge in [0.05, 0.1) is 4.47 Å². The molecule has 13 heavy (non-hydrogen) atoms. The summed E-state index contributed by atoms with van der Waals surface area (Å²) in [4.78, 5) is 0. The van der Waals surface area contributed by atoms with Crippen molar-refractivity contribution < 1.29 is 9.47 Å². The SMILES string of the molecule is Cc1c(N)cc2c(c1Br)OCCO2. The molecule has 1 aliphatic heterocycles. The highest BCUT2D eigenvalue weighted by atomic mass is 79.9. The van der Waals surface area contributed by atoms with E-state index in [1.165, 1.54) is 0 Å². The van der Waals surface area contributed by atoms with Crippen molar-refractivity contribution in [3.8, 4) is 11.5 Å². The smallest absolute Gasteiger partial charge is 0.175 e. The first-order valence-electron chi connectivity index (χ1n) is 4.04. The number of ether oxygens (including phenoxy) is 2. The molecule has 0 saturated carbocycles. The van der Waals surface area contributed by atoms with Crippen LogP contribution in [0, 0.1) is 6.92 Å². The van der Waals surface area contributed by atoms with E-state index in [4.69, 9.17) is 15.2 Å². The Labute approximate surface area is 85.0 Å². The van der Waals surface area contributed by atoms with E-state index in [1.54, 1.807) is 6.07 Å². The van der Waals surface area contributed by atoms with Gasteiger partial charge in [-0.2, -0.15) is 0 Å². The van der Waals surface area contributed by atoms with Gasteiger partial charge in [-0.3, -0.25) is 0 Å². The van der Waals surface area contributed by atoms with Crippen molar-refractivity contribution in [1.82, 2.24) is 0 Å². The molecule has 0 atom stereocenters. The Hall–Kier alpha value is -0.900. The topological polar surface area (TPSA) is 44.5 Å². The molecule has 0 aliphatic carbocycles. The minimum Gasteiger partial charge on any atom is -0.486 e. The number of nitrogen functional groups attached to an aromatic ring is 1. The number of hydrogen-bond donors (Lipinski definition) is 1. The zero-order chi connectivity index (χ0) is 9.42. The number of anilines is 1. The lowest BCUT2D eigenvalue weighted by Crippen LogP contribution is -2.16. The van der Waals surface area contributed by atoms with E-state index in [9.17, 15) is 0 Å². The van der Waals surface area contributed by atoms with Crippen LogP contribution >= 0.6 is 15.9 Å². The van der Waals surface area contributed by atoms with Crippen LogP contribution in [0.1, 0.15) is 5.56 Å². The summed E-state index contributed by atoms with van der Waals surface area (Å²) >= 11 is 3.43. The molecule has 1 heterocycles. The van der Waals surface area contributed by atoms with Gasteiger partial charge in [-0.1, -0.05) is 0 Å². The zero-order valence-corrected chi connectivity index (χ0v) is 8.85. The Balaban J connectivity index is 2.60. The van der Waals surface area contributed by atoms with Gasteiger partial charge in [-0.15, -0.1) is 0 Å². The van der Waals surface area contributed by atoms with Crippen LogP contribution in [-0.4, -0.2) is 13.2 Å². The van der Waals surface area contributed by atoms with E-state index in [-0.39, 0.29) is 0 Å². The molecular weight excluding hydrogens is 234 g/mol. The van der Waals surface area contributed by atoms with E-state index >= 15 is 0 Å². The summed E-state index contributed by atoms with van der Waals surface area (Å²) in [7, 11) is 0. The first kappa shape index (κ1) is 8.69. The fourth-order valence-electron chi connectivity index (χ4n) is 1.26. The number of fused-ring (bicyclic) bond motifs is 1. The molecule has 2 rings (SSSR count). The maximum absolute atomic E-state index is 5.78. The summed E-state index contributed by atoms with van der Waals surface area (Å²) in [5.74, 6) is 1.49. The van der Waals surface area contributed by atoms with Crippen LogP contribution < -0.4 is 15.2 Å². The van der Waals surface area contributed by atoms with Crippen LogP contribution in [0.25, 0.3) is 0 Å². The van der Waals surface area contributed by atoms with Gasteiger partial charge in [0.15, 0.2) is 11.5 Å². The average molecular weight is 244 g/mol. The van der Waals surface area contributed by atoms with Crippen molar-refractivity contribution >= 4 is 21.6 Å². The minimum absolute atomic E-state index is 0.585. The van der Waals surface area contributed by atoms with Gasteiger partial charge >= 0.3 is 0 Å². The summed E-state index contributed by atoms with van der Waals surface area (Å²) in [6.07, 6.45) is 0. The first-order valence-corrected chi connectivity index (χ1v) is 4.83. The molecule has 0 radical (unpaired) electrons. The maximum Gasteiger partial charge on any atom is 0.175 e. The second-order valence-corrected chi connectivity index (χ2v) is 3.72. The molecule has 0 bridgehead atoms. The van der Waals surface area contributed by atoms with E-state index in [0.29, 0.717) is 13.2 Å². The Bertz CT molecular complexity index is 352. The summed E-state index contributed by atoms with van der Waals surface area (Å²) in [6, 6.07) is 1.80. The molecule has 0 amide bonds. The highest BCUT2D eigenvalue weighted by Gasteiger charge is 2.18. The summed E-state index contributed by atoms with van der Waals surface area (Å²) < 4.78 is 11.8. The molecule has 0 unspecified atom stereocenters. The summed E-state index contributed by atoms with van der Waals surface area (Å²) in [5, 5.41) is 0. The third kappa shape index (κ3) is 1.35. The van der Waals surface area contributed by atoms with Gasteiger partial charge in [0.1, 0.15) is 13.2 Å². The molecule has 0 aromatic heterocycles. The van der Waals surface area contributed by atoms with Gasteiger partial charge in [0.25, 0.3) is 0 Å². The molecular formula is C9H10BrNO2. The van der Waals surface area contributed by atoms with Crippen molar-refractivity contribution in [2.75, 3.05) is 18.9 Å². The van der Waals surface area contributed by atoms with Crippen molar-refractivity contribution in [3.63, 3.8) is 0 Å². The van der Waals surface area contributed by atoms with Crippen molar-refractivity contribution in [1.29, 1.82) is 0 Å². The molecule has 0 fully saturated rings. The Morgan fingerprint density at radius 3 is 2.85 bits per heavy atom. The van der Waals surface area contributed by atoms with Crippen molar-refractivity contribution in [2.45, 2.75) is 6.92 Å². The van der Waals surface area contributed by atoms with Gasteiger partial charge < -0.3 is 15.2 Å². The van der Waals surface area contributed by atoms with E-state index in [0.717, 1.165) is 27.2 Å². The lowest BCUT2D eigenvalue weighted by atomic mass is 10.2. The lowest BCUT2D eigenvalue weighted by molar-refractivity contribution is 0.170. The largest absolute Gasteiger partial charge is 0.486 e. The summed E-state index contributed by atoms with van der Waals surface area (Å²) in [5.41, 5.74) is 7.49. The van der Waals surface area contributed by atoms with E-state index < -0.39 is 0 Å². The number of nitrogens with two attached hydrogens (primary N) is 1. The first-order chi connectivity index (χ1) is 6.20. The van der Waals surface area contributed by atoms with Crippen molar-refractivity contribution in [3.05, 3.63) is 16.1 Å². The Morgan fingerprint density at radius 1 is 1.38 bits per heavy atom. The van der Waals surface area contributed by atoms with Crippen LogP contribution in [-0.2, 0) is 0 Å². The zero-order valence-electron chi connectivity index (χ0n) is 7.26. The highest BCUT2D eigenvalue weighted by molar-refractivity contribution is 9.10. The van der Waals surface area contributed by atoms with Gasteiger partial charge in [-0.05, 0) is 28.4 Å². The van der Waals surface area contributed by atoms with Gasteiger partial charge in [-0.25, -0.2) is 0 Å². The number of rotatable bonds is 0. The molecule has 1 aromatic carbocycles. The predicted molar refractivity (Wildman–Crippen MR) is 54.3 cm³/mol. The summed E-state index contributed by atoms with van der Waals surface area (Å²) in [6.45, 7) is 3.12. The monoisotopic (exact) mass is 243 g/mol. The predicted octanol–water partition coefficient (Wildman–Crippen LogP) is 2.11.